The Bertz CT molecular complexity index is 364. The molecule has 0 aromatic carbocycles. The van der Waals surface area contributed by atoms with Gasteiger partial charge in [-0.3, -0.25) is 13.9 Å². The molecule has 0 saturated carbocycles. The third kappa shape index (κ3) is 17.4. The van der Waals surface area contributed by atoms with E-state index in [-0.39, 0.29) is 5.92 Å². The van der Waals surface area contributed by atoms with E-state index in [1.165, 1.54) is 12.8 Å². The van der Waals surface area contributed by atoms with Gasteiger partial charge in [0.25, 0.3) is 0 Å². The van der Waals surface area contributed by atoms with Gasteiger partial charge in [0.05, 0.1) is 5.92 Å². The summed E-state index contributed by atoms with van der Waals surface area (Å²) in [7, 11) is -4.67. The molecule has 5 N–H and O–H groups in total. The van der Waals surface area contributed by atoms with Crippen LogP contribution in [0.15, 0.2) is 0 Å². The molecule has 0 rings (SSSR count). The van der Waals surface area contributed by atoms with E-state index in [2.05, 4.69) is 13.8 Å². The van der Waals surface area contributed by atoms with Gasteiger partial charge in [0.15, 0.2) is 0 Å². The second kappa shape index (κ2) is 13.9. The van der Waals surface area contributed by atoms with Gasteiger partial charge < -0.3 is 10.8 Å². The molecule has 0 aliphatic carbocycles. The fourth-order valence-corrected chi connectivity index (χ4v) is 2.42. The lowest BCUT2D eigenvalue weighted by Crippen LogP contribution is -2.23. The summed E-state index contributed by atoms with van der Waals surface area (Å²) in [5, 5.41) is 9.30. The highest BCUT2D eigenvalue weighted by molar-refractivity contribution is 7.79. The van der Waals surface area contributed by atoms with Crippen LogP contribution in [-0.2, 0) is 15.2 Å². The molecule has 0 bridgehead atoms. The van der Waals surface area contributed by atoms with Crippen LogP contribution in [0.25, 0.3) is 0 Å². The zero-order chi connectivity index (χ0) is 17.6. The average Bonchev–Trinajstić information content (AvgIpc) is 2.39. The lowest BCUT2D eigenvalue weighted by molar-refractivity contribution is -0.144. The molecule has 0 spiro atoms. The third-order valence-electron chi connectivity index (χ3n) is 3.56. The van der Waals surface area contributed by atoms with E-state index in [0.717, 1.165) is 38.5 Å². The van der Waals surface area contributed by atoms with Gasteiger partial charge in [-0.15, -0.1) is 0 Å². The second-order valence-electron chi connectivity index (χ2n) is 5.34. The van der Waals surface area contributed by atoms with Crippen LogP contribution in [0.2, 0.25) is 0 Å². The maximum atomic E-state index is 11.3. The van der Waals surface area contributed by atoms with Crippen LogP contribution in [-0.4, -0.2) is 35.1 Å². The molecule has 0 amide bonds. The van der Waals surface area contributed by atoms with Gasteiger partial charge in [-0.05, 0) is 31.7 Å². The Balaban J connectivity index is 0. The topological polar surface area (TPSA) is 138 Å². The van der Waals surface area contributed by atoms with Crippen molar-refractivity contribution in [2.24, 2.45) is 17.6 Å². The molecule has 134 valence electrons. The van der Waals surface area contributed by atoms with Crippen molar-refractivity contribution in [3.8, 4) is 0 Å². The highest BCUT2D eigenvalue weighted by Gasteiger charge is 2.25. The number of aliphatic carboxylic acids is 1. The molecule has 0 saturated heterocycles. The maximum absolute atomic E-state index is 11.3. The van der Waals surface area contributed by atoms with Crippen LogP contribution in [0.5, 0.6) is 0 Å². The summed E-state index contributed by atoms with van der Waals surface area (Å²) in [5.41, 5.74) is 5.45. The molecule has 22 heavy (non-hydrogen) atoms. The molecule has 0 aromatic rings. The monoisotopic (exact) mass is 341 g/mol. The molecule has 0 aromatic heterocycles. The highest BCUT2D eigenvalue weighted by Crippen LogP contribution is 2.27. The Morgan fingerprint density at radius 3 is 1.91 bits per heavy atom. The first-order valence-corrected chi connectivity index (χ1v) is 9.19. The van der Waals surface area contributed by atoms with E-state index in [4.69, 9.17) is 23.3 Å². The first-order chi connectivity index (χ1) is 10.2. The maximum Gasteiger partial charge on any atom is 0.394 e. The fourth-order valence-electron chi connectivity index (χ4n) is 2.42. The Labute approximate surface area is 133 Å². The number of carbonyl (C=O) groups is 1. The zero-order valence-electron chi connectivity index (χ0n) is 13.6. The lowest BCUT2D eigenvalue weighted by atomic mass is 9.82. The van der Waals surface area contributed by atoms with Crippen molar-refractivity contribution in [1.82, 2.24) is 0 Å². The van der Waals surface area contributed by atoms with E-state index in [0.29, 0.717) is 12.5 Å². The number of carboxylic acids is 1. The van der Waals surface area contributed by atoms with Crippen LogP contribution < -0.4 is 5.73 Å². The van der Waals surface area contributed by atoms with Gasteiger partial charge in [-0.25, -0.2) is 0 Å². The lowest BCUT2D eigenvalue weighted by Gasteiger charge is -2.22. The molecule has 0 aliphatic heterocycles. The Morgan fingerprint density at radius 1 is 1.05 bits per heavy atom. The SMILES string of the molecule is CCCCCC(CC)C(CCCCN)C(=O)O.O=S(=O)(O)O. The summed E-state index contributed by atoms with van der Waals surface area (Å²) in [6.07, 6.45) is 8.28. The number of unbranched alkanes of at least 4 members (excludes halogenated alkanes) is 3. The number of carboxylic acid groups (broad SMARTS) is 1. The molecule has 0 fully saturated rings. The Morgan fingerprint density at radius 2 is 1.55 bits per heavy atom. The predicted octanol–water partition coefficient (Wildman–Crippen LogP) is 2.77. The first kappa shape index (κ1) is 23.6. The molecular formula is C14H31NO6S. The van der Waals surface area contributed by atoms with E-state index in [9.17, 15) is 9.90 Å². The van der Waals surface area contributed by atoms with Crippen LogP contribution in [0, 0.1) is 11.8 Å². The van der Waals surface area contributed by atoms with Crippen LogP contribution in [0.3, 0.4) is 0 Å². The molecule has 0 radical (unpaired) electrons. The minimum absolute atomic E-state index is 0.164. The van der Waals surface area contributed by atoms with E-state index < -0.39 is 16.4 Å². The minimum atomic E-state index is -4.67. The largest absolute Gasteiger partial charge is 0.481 e. The van der Waals surface area contributed by atoms with E-state index >= 15 is 0 Å². The highest BCUT2D eigenvalue weighted by atomic mass is 32.3. The summed E-state index contributed by atoms with van der Waals surface area (Å²) in [6.45, 7) is 4.95. The van der Waals surface area contributed by atoms with Gasteiger partial charge in [-0.1, -0.05) is 46.0 Å². The van der Waals surface area contributed by atoms with Crippen molar-refractivity contribution >= 4 is 16.4 Å². The smallest absolute Gasteiger partial charge is 0.394 e. The van der Waals surface area contributed by atoms with Crippen molar-refractivity contribution in [2.45, 2.75) is 65.2 Å². The van der Waals surface area contributed by atoms with Crippen LogP contribution >= 0.6 is 0 Å². The Hall–Kier alpha value is -0.700. The molecule has 0 heterocycles. The summed E-state index contributed by atoms with van der Waals surface area (Å²) in [4.78, 5) is 11.3. The second-order valence-corrected chi connectivity index (χ2v) is 6.24. The third-order valence-corrected chi connectivity index (χ3v) is 3.56. The number of nitrogens with two attached hydrogens (primary N) is 1. The van der Waals surface area contributed by atoms with Gasteiger partial charge in [0, 0.05) is 0 Å². The molecule has 2 atom stereocenters. The predicted molar refractivity (Wildman–Crippen MR) is 86.1 cm³/mol. The standard InChI is InChI=1S/C14H29NO2.H2O4S/c1-3-5-6-9-12(4-2)13(14(16)17)10-7-8-11-15;1-5(2,3)4/h12-13H,3-11,15H2,1-2H3,(H,16,17);(H2,1,2,3,4). The molecule has 2 unspecified atom stereocenters. The van der Waals surface area contributed by atoms with E-state index in [1.54, 1.807) is 0 Å². The van der Waals surface area contributed by atoms with Crippen molar-refractivity contribution in [3.63, 3.8) is 0 Å². The summed E-state index contributed by atoms with van der Waals surface area (Å²) in [5.74, 6) is -0.439. The summed E-state index contributed by atoms with van der Waals surface area (Å²) in [6, 6.07) is 0. The molecule has 7 nitrogen and oxygen atoms in total. The van der Waals surface area contributed by atoms with Gasteiger partial charge in [0.2, 0.25) is 0 Å². The minimum Gasteiger partial charge on any atom is -0.481 e. The summed E-state index contributed by atoms with van der Waals surface area (Å²) < 4.78 is 31.6. The van der Waals surface area contributed by atoms with Crippen LogP contribution in [0.4, 0.5) is 0 Å². The van der Waals surface area contributed by atoms with Gasteiger partial charge in [-0.2, -0.15) is 8.42 Å². The number of hydrogen-bond donors (Lipinski definition) is 4. The van der Waals surface area contributed by atoms with Crippen molar-refractivity contribution < 1.29 is 27.4 Å². The van der Waals surface area contributed by atoms with Crippen molar-refractivity contribution in [1.29, 1.82) is 0 Å². The number of rotatable bonds is 11. The van der Waals surface area contributed by atoms with Crippen molar-refractivity contribution in [2.75, 3.05) is 6.54 Å². The van der Waals surface area contributed by atoms with Crippen LogP contribution in [0.1, 0.15) is 65.2 Å². The normalized spacial score (nSPS) is 13.9. The average molecular weight is 341 g/mol. The quantitative estimate of drug-likeness (QED) is 0.335. The fraction of sp³-hybridized carbons (Fsp3) is 0.929. The zero-order valence-corrected chi connectivity index (χ0v) is 14.4. The molecule has 0 aliphatic rings. The van der Waals surface area contributed by atoms with Gasteiger partial charge in [0.1, 0.15) is 0 Å². The Kier molecular flexibility index (Phi) is 14.9. The van der Waals surface area contributed by atoms with E-state index in [1.807, 2.05) is 0 Å². The first-order valence-electron chi connectivity index (χ1n) is 7.80. The van der Waals surface area contributed by atoms with Crippen molar-refractivity contribution in [3.05, 3.63) is 0 Å². The molecule has 8 heteroatoms. The number of hydrogen-bond acceptors (Lipinski definition) is 4. The molecular weight excluding hydrogens is 310 g/mol. The summed E-state index contributed by atoms with van der Waals surface area (Å²) >= 11 is 0. The van der Waals surface area contributed by atoms with Gasteiger partial charge >= 0.3 is 16.4 Å².